The van der Waals surface area contributed by atoms with E-state index in [1.165, 1.54) is 6.07 Å². The van der Waals surface area contributed by atoms with Gasteiger partial charge in [-0.3, -0.25) is 0 Å². The van der Waals surface area contributed by atoms with Crippen LogP contribution >= 0.6 is 15.9 Å². The highest BCUT2D eigenvalue weighted by molar-refractivity contribution is 9.10. The van der Waals surface area contributed by atoms with E-state index in [1.54, 1.807) is 18.4 Å². The standard InChI is InChI=1S/C15H11BrFNO/c16-11-5-6-14(13(17)7-11)18-8-10-9-19-15-4-2-1-3-12(10)15/h1-7,9,18H,8H2. The monoisotopic (exact) mass is 319 g/mol. The molecule has 0 atom stereocenters. The van der Waals surface area contributed by atoms with Crippen LogP contribution in [0.3, 0.4) is 0 Å². The lowest BCUT2D eigenvalue weighted by Gasteiger charge is -2.06. The molecule has 0 bridgehead atoms. The zero-order valence-corrected chi connectivity index (χ0v) is 11.6. The van der Waals surface area contributed by atoms with Crippen LogP contribution in [0.15, 0.2) is 57.6 Å². The topological polar surface area (TPSA) is 25.2 Å². The van der Waals surface area contributed by atoms with Crippen LogP contribution in [-0.2, 0) is 6.54 Å². The van der Waals surface area contributed by atoms with E-state index in [-0.39, 0.29) is 5.82 Å². The van der Waals surface area contributed by atoms with E-state index in [1.807, 2.05) is 24.3 Å². The minimum Gasteiger partial charge on any atom is -0.464 e. The maximum absolute atomic E-state index is 13.7. The Labute approximate surface area is 118 Å². The number of halogens is 2. The summed E-state index contributed by atoms with van der Waals surface area (Å²) in [6, 6.07) is 12.8. The first-order valence-corrected chi connectivity index (χ1v) is 6.67. The van der Waals surface area contributed by atoms with Gasteiger partial charge in [0.05, 0.1) is 12.0 Å². The van der Waals surface area contributed by atoms with Crippen LogP contribution in [0.25, 0.3) is 11.0 Å². The molecule has 0 saturated heterocycles. The Balaban J connectivity index is 1.82. The first-order valence-electron chi connectivity index (χ1n) is 5.88. The van der Waals surface area contributed by atoms with Gasteiger partial charge in [-0.05, 0) is 24.3 Å². The van der Waals surface area contributed by atoms with E-state index in [0.717, 1.165) is 21.0 Å². The van der Waals surface area contributed by atoms with Crippen molar-refractivity contribution in [2.75, 3.05) is 5.32 Å². The van der Waals surface area contributed by atoms with Crippen LogP contribution in [-0.4, -0.2) is 0 Å². The summed E-state index contributed by atoms with van der Waals surface area (Å²) in [5.74, 6) is -0.276. The predicted molar refractivity (Wildman–Crippen MR) is 77.6 cm³/mol. The van der Waals surface area contributed by atoms with E-state index >= 15 is 0 Å². The third-order valence-corrected chi connectivity index (χ3v) is 3.45. The number of hydrogen-bond donors (Lipinski definition) is 1. The number of benzene rings is 2. The summed E-state index contributed by atoms with van der Waals surface area (Å²) in [5.41, 5.74) is 2.34. The third kappa shape index (κ3) is 2.49. The zero-order chi connectivity index (χ0) is 13.2. The second-order valence-electron chi connectivity index (χ2n) is 4.23. The summed E-state index contributed by atoms with van der Waals surface area (Å²) in [6.45, 7) is 0.523. The van der Waals surface area contributed by atoms with E-state index in [9.17, 15) is 4.39 Å². The molecule has 0 saturated carbocycles. The molecular weight excluding hydrogens is 309 g/mol. The van der Waals surface area contributed by atoms with E-state index in [0.29, 0.717) is 12.2 Å². The summed E-state index contributed by atoms with van der Waals surface area (Å²) in [7, 11) is 0. The van der Waals surface area contributed by atoms with Crippen molar-refractivity contribution in [3.8, 4) is 0 Å². The Kier molecular flexibility index (Phi) is 3.25. The molecule has 19 heavy (non-hydrogen) atoms. The number of para-hydroxylation sites is 1. The van der Waals surface area contributed by atoms with Gasteiger partial charge < -0.3 is 9.73 Å². The Morgan fingerprint density at radius 3 is 2.84 bits per heavy atom. The fourth-order valence-electron chi connectivity index (χ4n) is 1.99. The van der Waals surface area contributed by atoms with Gasteiger partial charge in [0, 0.05) is 22.0 Å². The van der Waals surface area contributed by atoms with Gasteiger partial charge in [0.25, 0.3) is 0 Å². The lowest BCUT2D eigenvalue weighted by molar-refractivity contribution is 0.610. The number of furan rings is 1. The molecule has 0 radical (unpaired) electrons. The molecule has 96 valence electrons. The fourth-order valence-corrected chi connectivity index (χ4v) is 2.33. The van der Waals surface area contributed by atoms with Crippen molar-refractivity contribution in [1.29, 1.82) is 0 Å². The highest BCUT2D eigenvalue weighted by atomic mass is 79.9. The predicted octanol–water partition coefficient (Wildman–Crippen LogP) is 4.95. The Hall–Kier alpha value is -1.81. The van der Waals surface area contributed by atoms with Gasteiger partial charge in [-0.2, -0.15) is 0 Å². The van der Waals surface area contributed by atoms with Crippen LogP contribution in [0, 0.1) is 5.82 Å². The van der Waals surface area contributed by atoms with Crippen LogP contribution in [0.1, 0.15) is 5.56 Å². The molecule has 0 aliphatic rings. The van der Waals surface area contributed by atoms with Gasteiger partial charge in [-0.15, -0.1) is 0 Å². The molecule has 3 aromatic rings. The highest BCUT2D eigenvalue weighted by Crippen LogP contribution is 2.23. The van der Waals surface area contributed by atoms with Crippen LogP contribution in [0.4, 0.5) is 10.1 Å². The van der Waals surface area contributed by atoms with Crippen LogP contribution in [0.2, 0.25) is 0 Å². The zero-order valence-electron chi connectivity index (χ0n) is 9.99. The van der Waals surface area contributed by atoms with Crippen molar-refractivity contribution in [2.24, 2.45) is 0 Å². The molecule has 3 rings (SSSR count). The van der Waals surface area contributed by atoms with Gasteiger partial charge in [-0.25, -0.2) is 4.39 Å². The number of nitrogens with one attached hydrogen (secondary N) is 1. The van der Waals surface area contributed by atoms with Crippen molar-refractivity contribution in [2.45, 2.75) is 6.54 Å². The van der Waals surface area contributed by atoms with Crippen molar-refractivity contribution in [3.63, 3.8) is 0 Å². The molecule has 1 N–H and O–H groups in total. The molecule has 0 amide bonds. The molecule has 1 aromatic heterocycles. The first kappa shape index (κ1) is 12.2. The molecular formula is C15H11BrFNO. The van der Waals surface area contributed by atoms with E-state index < -0.39 is 0 Å². The van der Waals surface area contributed by atoms with Crippen molar-refractivity contribution in [3.05, 3.63) is 64.6 Å². The maximum Gasteiger partial charge on any atom is 0.147 e. The van der Waals surface area contributed by atoms with Gasteiger partial charge in [0.15, 0.2) is 0 Å². The summed E-state index contributed by atoms with van der Waals surface area (Å²) in [6.07, 6.45) is 1.70. The average Bonchev–Trinajstić information content (AvgIpc) is 2.81. The molecule has 2 nitrogen and oxygen atoms in total. The first-order chi connectivity index (χ1) is 9.24. The molecule has 0 unspecified atom stereocenters. The molecule has 0 aliphatic heterocycles. The second-order valence-corrected chi connectivity index (χ2v) is 5.15. The lowest BCUT2D eigenvalue weighted by atomic mass is 10.2. The van der Waals surface area contributed by atoms with Crippen molar-refractivity contribution < 1.29 is 8.81 Å². The fraction of sp³-hybridized carbons (Fsp3) is 0.0667. The molecule has 1 heterocycles. The molecule has 2 aromatic carbocycles. The van der Waals surface area contributed by atoms with Gasteiger partial charge in [-0.1, -0.05) is 34.1 Å². The molecule has 0 aliphatic carbocycles. The minimum atomic E-state index is -0.276. The third-order valence-electron chi connectivity index (χ3n) is 2.96. The SMILES string of the molecule is Fc1cc(Br)ccc1NCc1coc2ccccc12. The number of hydrogen-bond acceptors (Lipinski definition) is 2. The molecule has 0 fully saturated rings. The van der Waals surface area contributed by atoms with Gasteiger partial charge >= 0.3 is 0 Å². The number of fused-ring (bicyclic) bond motifs is 1. The maximum atomic E-state index is 13.7. The minimum absolute atomic E-state index is 0.276. The summed E-state index contributed by atoms with van der Waals surface area (Å²) >= 11 is 3.24. The Morgan fingerprint density at radius 1 is 1.16 bits per heavy atom. The number of anilines is 1. The van der Waals surface area contributed by atoms with Crippen molar-refractivity contribution >= 4 is 32.6 Å². The van der Waals surface area contributed by atoms with Gasteiger partial charge in [0.1, 0.15) is 11.4 Å². The largest absolute Gasteiger partial charge is 0.464 e. The summed E-state index contributed by atoms with van der Waals surface area (Å²) < 4.78 is 19.8. The quantitative estimate of drug-likeness (QED) is 0.739. The highest BCUT2D eigenvalue weighted by Gasteiger charge is 2.06. The molecule has 4 heteroatoms. The number of rotatable bonds is 3. The Bertz CT molecular complexity index is 723. The summed E-state index contributed by atoms with van der Waals surface area (Å²) in [5, 5.41) is 4.13. The Morgan fingerprint density at radius 2 is 2.00 bits per heavy atom. The van der Waals surface area contributed by atoms with E-state index in [2.05, 4.69) is 21.2 Å². The average molecular weight is 320 g/mol. The van der Waals surface area contributed by atoms with E-state index in [4.69, 9.17) is 4.42 Å². The second kappa shape index (κ2) is 5.05. The smallest absolute Gasteiger partial charge is 0.147 e. The normalized spacial score (nSPS) is 10.8. The van der Waals surface area contributed by atoms with Gasteiger partial charge in [0.2, 0.25) is 0 Å². The van der Waals surface area contributed by atoms with Crippen LogP contribution < -0.4 is 5.32 Å². The van der Waals surface area contributed by atoms with Crippen molar-refractivity contribution in [1.82, 2.24) is 0 Å². The molecule has 0 spiro atoms. The summed E-state index contributed by atoms with van der Waals surface area (Å²) in [4.78, 5) is 0. The lowest BCUT2D eigenvalue weighted by Crippen LogP contribution is -2.00. The van der Waals surface area contributed by atoms with Crippen LogP contribution in [0.5, 0.6) is 0 Å².